The highest BCUT2D eigenvalue weighted by Gasteiger charge is 2.33. The van der Waals surface area contributed by atoms with Crippen molar-refractivity contribution in [3.63, 3.8) is 0 Å². The van der Waals surface area contributed by atoms with Crippen LogP contribution in [-0.2, 0) is 32.6 Å². The Morgan fingerprint density at radius 3 is 2.26 bits per heavy atom. The Bertz CT molecular complexity index is 1370. The van der Waals surface area contributed by atoms with Crippen LogP contribution in [-0.4, -0.2) is 50.5 Å². The second-order valence-electron chi connectivity index (χ2n) is 9.56. The first-order valence-corrected chi connectivity index (χ1v) is 15.6. The summed E-state index contributed by atoms with van der Waals surface area (Å²) in [6, 6.07) is 23.3. The number of benzene rings is 3. The van der Waals surface area contributed by atoms with Gasteiger partial charge in [0.2, 0.25) is 21.8 Å². The van der Waals surface area contributed by atoms with Crippen LogP contribution in [0.5, 0.6) is 0 Å². The van der Waals surface area contributed by atoms with Gasteiger partial charge in [0.15, 0.2) is 0 Å². The van der Waals surface area contributed by atoms with Crippen molar-refractivity contribution in [3.05, 3.63) is 100 Å². The van der Waals surface area contributed by atoms with Crippen molar-refractivity contribution in [1.29, 1.82) is 0 Å². The SMILES string of the molecule is CCCCNC(=O)[C@@H](Cc1ccccc1)N(Cc1cccc(Br)c1)C(=O)CN(c1ccccc1C)S(C)(=O)=O. The van der Waals surface area contributed by atoms with Gasteiger partial charge in [-0.2, -0.15) is 0 Å². The average Bonchev–Trinajstić information content (AvgIpc) is 2.90. The topological polar surface area (TPSA) is 86.8 Å². The van der Waals surface area contributed by atoms with Crippen LogP contribution in [0, 0.1) is 6.92 Å². The summed E-state index contributed by atoms with van der Waals surface area (Å²) in [4.78, 5) is 29.2. The molecule has 1 atom stereocenters. The highest BCUT2D eigenvalue weighted by molar-refractivity contribution is 9.10. The summed E-state index contributed by atoms with van der Waals surface area (Å²) in [5, 5.41) is 2.99. The summed E-state index contributed by atoms with van der Waals surface area (Å²) in [6.07, 6.45) is 3.12. The van der Waals surface area contributed by atoms with E-state index in [1.54, 1.807) is 25.1 Å². The molecule has 0 aliphatic heterocycles. The van der Waals surface area contributed by atoms with E-state index in [0.29, 0.717) is 18.7 Å². The number of amides is 2. The van der Waals surface area contributed by atoms with Crippen LogP contribution in [0.3, 0.4) is 0 Å². The molecular weight excluding hydrogens is 578 g/mol. The lowest BCUT2D eigenvalue weighted by atomic mass is 10.0. The largest absolute Gasteiger partial charge is 0.354 e. The maximum atomic E-state index is 14.1. The lowest BCUT2D eigenvalue weighted by Crippen LogP contribution is -2.53. The normalized spacial score (nSPS) is 12.0. The zero-order chi connectivity index (χ0) is 28.4. The number of carbonyl (C=O) groups excluding carboxylic acids is 2. The third-order valence-electron chi connectivity index (χ3n) is 6.41. The predicted octanol–water partition coefficient (Wildman–Crippen LogP) is 5.08. The van der Waals surface area contributed by atoms with Gasteiger partial charge in [0.25, 0.3) is 0 Å². The van der Waals surface area contributed by atoms with Gasteiger partial charge in [-0.05, 0) is 48.2 Å². The molecule has 0 aliphatic carbocycles. The maximum Gasteiger partial charge on any atom is 0.244 e. The molecule has 0 saturated heterocycles. The number of aryl methyl sites for hydroxylation is 1. The number of para-hydroxylation sites is 1. The molecule has 0 spiro atoms. The first-order chi connectivity index (χ1) is 18.6. The van der Waals surface area contributed by atoms with E-state index in [0.717, 1.165) is 44.6 Å². The molecule has 3 aromatic rings. The molecule has 0 radical (unpaired) electrons. The number of nitrogens with one attached hydrogen (secondary N) is 1. The van der Waals surface area contributed by atoms with Crippen LogP contribution < -0.4 is 9.62 Å². The number of anilines is 1. The molecule has 0 fully saturated rings. The van der Waals surface area contributed by atoms with Gasteiger partial charge in [0.1, 0.15) is 12.6 Å². The molecule has 39 heavy (non-hydrogen) atoms. The summed E-state index contributed by atoms with van der Waals surface area (Å²) in [6.45, 7) is 4.06. The Kier molecular flexibility index (Phi) is 11.1. The maximum absolute atomic E-state index is 14.1. The Morgan fingerprint density at radius 2 is 1.62 bits per heavy atom. The number of rotatable bonds is 13. The monoisotopic (exact) mass is 613 g/mol. The molecule has 208 valence electrons. The van der Waals surface area contributed by atoms with E-state index in [1.165, 1.54) is 4.90 Å². The molecule has 2 amide bonds. The fourth-order valence-electron chi connectivity index (χ4n) is 4.33. The first kappa shape index (κ1) is 30.4. The van der Waals surface area contributed by atoms with Crippen molar-refractivity contribution in [2.24, 2.45) is 0 Å². The molecule has 0 unspecified atom stereocenters. The van der Waals surface area contributed by atoms with Crippen molar-refractivity contribution in [3.8, 4) is 0 Å². The number of hydrogen-bond donors (Lipinski definition) is 1. The van der Waals surface area contributed by atoms with E-state index in [2.05, 4.69) is 21.2 Å². The van der Waals surface area contributed by atoms with E-state index in [4.69, 9.17) is 0 Å². The standard InChI is InChI=1S/C30H36BrN3O4S/c1-4-5-18-32-30(36)28(20-24-13-7-6-8-14-24)33(21-25-15-11-16-26(31)19-25)29(35)22-34(39(3,37)38)27-17-10-9-12-23(27)2/h6-17,19,28H,4-5,18,20-22H2,1-3H3,(H,32,36)/t28-/m1/s1. The summed E-state index contributed by atoms with van der Waals surface area (Å²) < 4.78 is 27.7. The predicted molar refractivity (Wildman–Crippen MR) is 160 cm³/mol. The van der Waals surface area contributed by atoms with Gasteiger partial charge in [-0.3, -0.25) is 13.9 Å². The van der Waals surface area contributed by atoms with Gasteiger partial charge in [-0.1, -0.05) is 89.9 Å². The van der Waals surface area contributed by atoms with E-state index < -0.39 is 28.5 Å². The first-order valence-electron chi connectivity index (χ1n) is 13.0. The number of halogens is 1. The fraction of sp³-hybridized carbons (Fsp3) is 0.333. The quantitative estimate of drug-likeness (QED) is 0.272. The molecule has 0 aliphatic rings. The second kappa shape index (κ2) is 14.3. The number of carbonyl (C=O) groups is 2. The third-order valence-corrected chi connectivity index (χ3v) is 8.03. The zero-order valence-electron chi connectivity index (χ0n) is 22.6. The summed E-state index contributed by atoms with van der Waals surface area (Å²) in [7, 11) is -3.79. The van der Waals surface area contributed by atoms with Gasteiger partial charge >= 0.3 is 0 Å². The number of unbranched alkanes of at least 4 members (excludes halogenated alkanes) is 1. The Labute approximate surface area is 240 Å². The van der Waals surface area contributed by atoms with Gasteiger partial charge in [0, 0.05) is 24.0 Å². The summed E-state index contributed by atoms with van der Waals surface area (Å²) in [5.41, 5.74) is 2.88. The molecule has 3 aromatic carbocycles. The molecule has 0 bridgehead atoms. The molecule has 7 nitrogen and oxygen atoms in total. The minimum Gasteiger partial charge on any atom is -0.354 e. The highest BCUT2D eigenvalue weighted by Crippen LogP contribution is 2.24. The van der Waals surface area contributed by atoms with Crippen molar-refractivity contribution < 1.29 is 18.0 Å². The molecule has 9 heteroatoms. The van der Waals surface area contributed by atoms with Gasteiger partial charge in [0.05, 0.1) is 11.9 Å². The van der Waals surface area contributed by atoms with Crippen LogP contribution in [0.2, 0.25) is 0 Å². The van der Waals surface area contributed by atoms with E-state index >= 15 is 0 Å². The Hall–Kier alpha value is -3.17. The van der Waals surface area contributed by atoms with Crippen molar-refractivity contribution in [1.82, 2.24) is 10.2 Å². The lowest BCUT2D eigenvalue weighted by Gasteiger charge is -2.34. The third kappa shape index (κ3) is 8.93. The molecule has 1 N–H and O–H groups in total. The van der Waals surface area contributed by atoms with E-state index in [1.807, 2.05) is 67.6 Å². The minimum atomic E-state index is -3.79. The van der Waals surface area contributed by atoms with Crippen LogP contribution >= 0.6 is 15.9 Å². The zero-order valence-corrected chi connectivity index (χ0v) is 25.0. The van der Waals surface area contributed by atoms with Gasteiger partial charge < -0.3 is 10.2 Å². The van der Waals surface area contributed by atoms with E-state index in [-0.39, 0.29) is 12.5 Å². The van der Waals surface area contributed by atoms with Crippen molar-refractivity contribution in [2.75, 3.05) is 23.7 Å². The van der Waals surface area contributed by atoms with Gasteiger partial charge in [-0.15, -0.1) is 0 Å². The number of nitrogens with zero attached hydrogens (tertiary/aromatic N) is 2. The summed E-state index contributed by atoms with van der Waals surface area (Å²) in [5.74, 6) is -0.729. The van der Waals surface area contributed by atoms with Crippen LogP contribution in [0.25, 0.3) is 0 Å². The van der Waals surface area contributed by atoms with Crippen LogP contribution in [0.15, 0.2) is 83.3 Å². The molecule has 0 saturated carbocycles. The van der Waals surface area contributed by atoms with E-state index in [9.17, 15) is 18.0 Å². The van der Waals surface area contributed by atoms with Crippen molar-refractivity contribution in [2.45, 2.75) is 45.7 Å². The molecule has 0 aromatic heterocycles. The van der Waals surface area contributed by atoms with Crippen molar-refractivity contribution >= 4 is 43.5 Å². The van der Waals surface area contributed by atoms with Gasteiger partial charge in [-0.25, -0.2) is 8.42 Å². The highest BCUT2D eigenvalue weighted by atomic mass is 79.9. The molecule has 3 rings (SSSR count). The lowest BCUT2D eigenvalue weighted by molar-refractivity contribution is -0.140. The van der Waals surface area contributed by atoms with Crippen LogP contribution in [0.1, 0.15) is 36.5 Å². The molecule has 0 heterocycles. The minimum absolute atomic E-state index is 0.141. The Morgan fingerprint density at radius 1 is 0.949 bits per heavy atom. The second-order valence-corrected chi connectivity index (χ2v) is 12.4. The summed E-state index contributed by atoms with van der Waals surface area (Å²) >= 11 is 3.49. The fourth-order valence-corrected chi connectivity index (χ4v) is 5.68. The average molecular weight is 615 g/mol. The van der Waals surface area contributed by atoms with Crippen LogP contribution in [0.4, 0.5) is 5.69 Å². The number of hydrogen-bond acceptors (Lipinski definition) is 4. The molecular formula is C30H36BrN3O4S. The smallest absolute Gasteiger partial charge is 0.244 e. The number of sulfonamides is 1. The Balaban J connectivity index is 2.04.